The number of nitrogens with zero attached hydrogens (tertiary/aromatic N) is 1. The van der Waals surface area contributed by atoms with Gasteiger partial charge in [-0.3, -0.25) is 4.79 Å². The summed E-state index contributed by atoms with van der Waals surface area (Å²) in [6.45, 7) is 1.93. The van der Waals surface area contributed by atoms with E-state index in [4.69, 9.17) is 4.74 Å². The van der Waals surface area contributed by atoms with E-state index in [1.807, 2.05) is 30.0 Å². The Balaban J connectivity index is 1.38. The molecule has 6 nitrogen and oxygen atoms in total. The van der Waals surface area contributed by atoms with Crippen LogP contribution in [0.2, 0.25) is 0 Å². The van der Waals surface area contributed by atoms with Crippen molar-refractivity contribution in [2.24, 2.45) is 0 Å². The van der Waals surface area contributed by atoms with Crippen LogP contribution in [0.3, 0.4) is 0 Å². The van der Waals surface area contributed by atoms with Gasteiger partial charge in [0, 0.05) is 29.4 Å². The Bertz CT molecular complexity index is 933. The first-order valence-corrected chi connectivity index (χ1v) is 10.2. The second-order valence-electron chi connectivity index (χ2n) is 8.05. The standard InChI is InChI=1S/C23H26FN3O3/c1-14-11-20(30-2)9-10-21(14)26-23(29)27-18-7-8-19(27)13-17(12-18)25-22(28)15-3-5-16(24)6-4-15/h3-6,9-11,17-19H,7-8,12-13H2,1-2H3,(H,25,28)(H,26,29)/t17?,18-,19+. The summed E-state index contributed by atoms with van der Waals surface area (Å²) in [5.74, 6) is 0.186. The van der Waals surface area contributed by atoms with Gasteiger partial charge in [-0.2, -0.15) is 0 Å². The molecule has 2 heterocycles. The number of nitrogens with one attached hydrogen (secondary N) is 2. The van der Waals surface area contributed by atoms with Crippen LogP contribution in [0.25, 0.3) is 0 Å². The van der Waals surface area contributed by atoms with E-state index in [1.165, 1.54) is 24.3 Å². The highest BCUT2D eigenvalue weighted by Crippen LogP contribution is 2.36. The zero-order valence-electron chi connectivity index (χ0n) is 17.2. The molecule has 3 atom stereocenters. The van der Waals surface area contributed by atoms with E-state index < -0.39 is 0 Å². The first kappa shape index (κ1) is 20.2. The summed E-state index contributed by atoms with van der Waals surface area (Å²) in [5.41, 5.74) is 2.15. The molecule has 2 aliphatic heterocycles. The number of halogens is 1. The van der Waals surface area contributed by atoms with E-state index in [2.05, 4.69) is 10.6 Å². The third-order valence-electron chi connectivity index (χ3n) is 6.08. The molecule has 2 fully saturated rings. The maximum Gasteiger partial charge on any atom is 0.322 e. The second kappa shape index (κ2) is 8.34. The molecule has 158 valence electrons. The molecule has 0 radical (unpaired) electrons. The number of aryl methyl sites for hydroxylation is 1. The first-order valence-electron chi connectivity index (χ1n) is 10.2. The minimum absolute atomic E-state index is 0.00632. The van der Waals surface area contributed by atoms with Gasteiger partial charge in [-0.15, -0.1) is 0 Å². The van der Waals surface area contributed by atoms with Gasteiger partial charge in [-0.1, -0.05) is 0 Å². The normalized spacial score (nSPS) is 22.5. The molecule has 30 heavy (non-hydrogen) atoms. The molecule has 4 rings (SSSR count). The predicted molar refractivity (Wildman–Crippen MR) is 112 cm³/mol. The molecule has 7 heteroatoms. The van der Waals surface area contributed by atoms with Crippen LogP contribution in [0.4, 0.5) is 14.9 Å². The van der Waals surface area contributed by atoms with Crippen LogP contribution in [-0.2, 0) is 0 Å². The molecular weight excluding hydrogens is 385 g/mol. The number of ether oxygens (including phenoxy) is 1. The largest absolute Gasteiger partial charge is 0.497 e. The summed E-state index contributed by atoms with van der Waals surface area (Å²) in [6, 6.07) is 11.2. The molecule has 3 amide bonds. The van der Waals surface area contributed by atoms with E-state index in [1.54, 1.807) is 7.11 Å². The van der Waals surface area contributed by atoms with Gasteiger partial charge in [0.2, 0.25) is 0 Å². The molecule has 2 bridgehead atoms. The van der Waals surface area contributed by atoms with Gasteiger partial charge < -0.3 is 20.3 Å². The van der Waals surface area contributed by atoms with Crippen molar-refractivity contribution in [2.45, 2.75) is 50.7 Å². The molecule has 2 aromatic rings. The van der Waals surface area contributed by atoms with Crippen LogP contribution >= 0.6 is 0 Å². The number of amides is 3. The number of anilines is 1. The summed E-state index contributed by atoms with van der Waals surface area (Å²) >= 11 is 0. The zero-order chi connectivity index (χ0) is 21.3. The number of fused-ring (bicyclic) bond motifs is 2. The molecular formula is C23H26FN3O3. The minimum atomic E-state index is -0.365. The number of carbonyl (C=O) groups is 2. The molecule has 1 unspecified atom stereocenters. The van der Waals surface area contributed by atoms with E-state index >= 15 is 0 Å². The maximum absolute atomic E-state index is 13.1. The molecule has 0 saturated carbocycles. The molecule has 2 saturated heterocycles. The number of hydrogen-bond acceptors (Lipinski definition) is 3. The highest BCUT2D eigenvalue weighted by Gasteiger charge is 2.43. The summed E-state index contributed by atoms with van der Waals surface area (Å²) in [7, 11) is 1.61. The number of urea groups is 1. The molecule has 0 spiro atoms. The van der Waals surface area contributed by atoms with E-state index in [0.717, 1.165) is 42.7 Å². The van der Waals surface area contributed by atoms with Crippen molar-refractivity contribution in [1.82, 2.24) is 10.2 Å². The SMILES string of the molecule is COc1ccc(NC(=O)N2[C@@H]3CC[C@H]2CC(NC(=O)c2ccc(F)cc2)C3)c(C)c1. The Morgan fingerprint density at radius 3 is 2.33 bits per heavy atom. The van der Waals surface area contributed by atoms with Crippen LogP contribution in [0.5, 0.6) is 5.75 Å². The van der Waals surface area contributed by atoms with Crippen molar-refractivity contribution in [3.8, 4) is 5.75 Å². The van der Waals surface area contributed by atoms with Crippen LogP contribution < -0.4 is 15.4 Å². The van der Waals surface area contributed by atoms with Crippen LogP contribution in [0, 0.1) is 12.7 Å². The van der Waals surface area contributed by atoms with Crippen LogP contribution in [0.1, 0.15) is 41.6 Å². The number of methoxy groups -OCH3 is 1. The zero-order valence-corrected chi connectivity index (χ0v) is 17.2. The number of hydrogen-bond donors (Lipinski definition) is 2. The van der Waals surface area contributed by atoms with Gasteiger partial charge in [0.15, 0.2) is 0 Å². The lowest BCUT2D eigenvalue weighted by molar-refractivity contribution is 0.0891. The Kier molecular flexibility index (Phi) is 5.61. The van der Waals surface area contributed by atoms with Gasteiger partial charge in [-0.25, -0.2) is 9.18 Å². The average molecular weight is 411 g/mol. The highest BCUT2D eigenvalue weighted by molar-refractivity contribution is 5.94. The van der Waals surface area contributed by atoms with Crippen molar-refractivity contribution < 1.29 is 18.7 Å². The number of piperidine rings is 1. The fourth-order valence-corrected chi connectivity index (χ4v) is 4.58. The van der Waals surface area contributed by atoms with Crippen LogP contribution in [-0.4, -0.2) is 42.1 Å². The third-order valence-corrected chi connectivity index (χ3v) is 6.08. The number of rotatable bonds is 4. The lowest BCUT2D eigenvalue weighted by Crippen LogP contribution is -2.53. The first-order chi connectivity index (χ1) is 14.4. The van der Waals surface area contributed by atoms with Crippen molar-refractivity contribution in [3.63, 3.8) is 0 Å². The minimum Gasteiger partial charge on any atom is -0.497 e. The number of benzene rings is 2. The summed E-state index contributed by atoms with van der Waals surface area (Å²) in [5, 5.41) is 6.08. The van der Waals surface area contributed by atoms with Gasteiger partial charge in [0.05, 0.1) is 7.11 Å². The fourth-order valence-electron chi connectivity index (χ4n) is 4.58. The van der Waals surface area contributed by atoms with E-state index in [9.17, 15) is 14.0 Å². The van der Waals surface area contributed by atoms with Crippen molar-refractivity contribution in [3.05, 3.63) is 59.4 Å². The van der Waals surface area contributed by atoms with Crippen molar-refractivity contribution in [2.75, 3.05) is 12.4 Å². The highest BCUT2D eigenvalue weighted by atomic mass is 19.1. The van der Waals surface area contributed by atoms with Gasteiger partial charge in [-0.05, 0) is 80.6 Å². The molecule has 0 aromatic heterocycles. The van der Waals surface area contributed by atoms with Crippen LogP contribution in [0.15, 0.2) is 42.5 Å². The molecule has 2 aromatic carbocycles. The summed E-state index contributed by atoms with van der Waals surface area (Å²) < 4.78 is 18.3. The van der Waals surface area contributed by atoms with Crippen molar-refractivity contribution >= 4 is 17.6 Å². The maximum atomic E-state index is 13.1. The topological polar surface area (TPSA) is 70.7 Å². The Labute approximate surface area is 175 Å². The van der Waals surface area contributed by atoms with Gasteiger partial charge >= 0.3 is 6.03 Å². The smallest absolute Gasteiger partial charge is 0.322 e. The van der Waals surface area contributed by atoms with Crippen molar-refractivity contribution in [1.29, 1.82) is 0 Å². The molecule has 2 N–H and O–H groups in total. The Morgan fingerprint density at radius 1 is 1.07 bits per heavy atom. The van der Waals surface area contributed by atoms with Gasteiger partial charge in [0.25, 0.3) is 5.91 Å². The lowest BCUT2D eigenvalue weighted by atomic mass is 9.97. The Morgan fingerprint density at radius 2 is 1.73 bits per heavy atom. The Hall–Kier alpha value is -3.09. The second-order valence-corrected chi connectivity index (χ2v) is 8.05. The van der Waals surface area contributed by atoms with E-state index in [0.29, 0.717) is 5.56 Å². The van der Waals surface area contributed by atoms with Gasteiger partial charge in [0.1, 0.15) is 11.6 Å². The molecule has 0 aliphatic carbocycles. The lowest BCUT2D eigenvalue weighted by Gasteiger charge is -2.39. The quantitative estimate of drug-likeness (QED) is 0.796. The molecule has 2 aliphatic rings. The average Bonchev–Trinajstić information content (AvgIpc) is 3.00. The summed E-state index contributed by atoms with van der Waals surface area (Å²) in [6.07, 6.45) is 3.31. The fraction of sp³-hybridized carbons (Fsp3) is 0.391. The number of carbonyl (C=O) groups excluding carboxylic acids is 2. The predicted octanol–water partition coefficient (Wildman–Crippen LogP) is 4.10. The monoisotopic (exact) mass is 411 g/mol. The van der Waals surface area contributed by atoms with E-state index in [-0.39, 0.29) is 35.9 Å². The summed E-state index contributed by atoms with van der Waals surface area (Å²) in [4.78, 5) is 27.4. The third kappa shape index (κ3) is 4.10.